The SMILES string of the molecule is C#CCC(CC#CC(OC(C)=O)c1ccccc1)(C(=O)OCC)C(=O)OCC. The zero-order chi connectivity index (χ0) is 21.0. The third-order valence-electron chi connectivity index (χ3n) is 3.75. The molecule has 0 spiro atoms. The lowest BCUT2D eigenvalue weighted by Gasteiger charge is -2.25. The summed E-state index contributed by atoms with van der Waals surface area (Å²) in [7, 11) is 0. The van der Waals surface area contributed by atoms with Crippen LogP contribution in [-0.4, -0.2) is 31.1 Å². The standard InChI is InChI=1S/C22H24O6/c1-5-15-22(20(24)26-6-2,21(25)27-7-3)16-11-14-19(28-17(4)23)18-12-9-8-10-13-18/h1,8-10,12-13,19H,6-7,15-16H2,2-4H3. The van der Waals surface area contributed by atoms with Crippen molar-refractivity contribution in [1.29, 1.82) is 0 Å². The van der Waals surface area contributed by atoms with Crippen molar-refractivity contribution in [2.45, 2.75) is 39.7 Å². The van der Waals surface area contributed by atoms with Gasteiger partial charge in [0, 0.05) is 25.3 Å². The Hall–Kier alpha value is -3.25. The molecule has 148 valence electrons. The smallest absolute Gasteiger partial charge is 0.325 e. The van der Waals surface area contributed by atoms with Crippen LogP contribution < -0.4 is 0 Å². The predicted octanol–water partition coefficient (Wildman–Crippen LogP) is 2.82. The molecule has 0 bridgehead atoms. The maximum Gasteiger partial charge on any atom is 0.325 e. The monoisotopic (exact) mass is 384 g/mol. The van der Waals surface area contributed by atoms with Gasteiger partial charge in [0.1, 0.15) is 0 Å². The normalized spacial score (nSPS) is 11.2. The molecule has 1 unspecified atom stereocenters. The number of benzene rings is 1. The van der Waals surface area contributed by atoms with Gasteiger partial charge in [-0.3, -0.25) is 14.4 Å². The minimum atomic E-state index is -1.73. The number of terminal acetylenes is 1. The Bertz CT molecular complexity index is 761. The number of rotatable bonds is 8. The lowest BCUT2D eigenvalue weighted by molar-refractivity contribution is -0.171. The van der Waals surface area contributed by atoms with Gasteiger partial charge in [-0.05, 0) is 13.8 Å². The average molecular weight is 384 g/mol. The number of ether oxygens (including phenoxy) is 3. The molecule has 0 N–H and O–H groups in total. The van der Waals surface area contributed by atoms with Gasteiger partial charge in [0.05, 0.1) is 13.2 Å². The Morgan fingerprint density at radius 3 is 2.07 bits per heavy atom. The maximum atomic E-state index is 12.5. The minimum absolute atomic E-state index is 0.0814. The molecular formula is C22H24O6. The van der Waals surface area contributed by atoms with Gasteiger partial charge in [0.15, 0.2) is 11.5 Å². The van der Waals surface area contributed by atoms with Crippen molar-refractivity contribution in [3.8, 4) is 24.2 Å². The van der Waals surface area contributed by atoms with Crippen LogP contribution in [0.3, 0.4) is 0 Å². The van der Waals surface area contributed by atoms with Gasteiger partial charge >= 0.3 is 17.9 Å². The summed E-state index contributed by atoms with van der Waals surface area (Å²) in [6.45, 7) is 4.69. The van der Waals surface area contributed by atoms with Crippen molar-refractivity contribution in [3.63, 3.8) is 0 Å². The van der Waals surface area contributed by atoms with Crippen molar-refractivity contribution in [3.05, 3.63) is 35.9 Å². The molecule has 0 aliphatic heterocycles. The minimum Gasteiger partial charge on any atom is -0.465 e. The highest BCUT2D eigenvalue weighted by Gasteiger charge is 2.48. The summed E-state index contributed by atoms with van der Waals surface area (Å²) in [6.07, 6.45) is 4.10. The zero-order valence-electron chi connectivity index (χ0n) is 16.3. The lowest BCUT2D eigenvalue weighted by atomic mass is 9.81. The van der Waals surface area contributed by atoms with Crippen molar-refractivity contribution < 1.29 is 28.6 Å². The maximum absolute atomic E-state index is 12.5. The summed E-state index contributed by atoms with van der Waals surface area (Å²) < 4.78 is 15.3. The van der Waals surface area contributed by atoms with Gasteiger partial charge in [-0.2, -0.15) is 0 Å². The second-order valence-electron chi connectivity index (χ2n) is 5.80. The number of hydrogen-bond acceptors (Lipinski definition) is 6. The third-order valence-corrected chi connectivity index (χ3v) is 3.75. The topological polar surface area (TPSA) is 78.9 Å². The fourth-order valence-corrected chi connectivity index (χ4v) is 2.42. The second-order valence-corrected chi connectivity index (χ2v) is 5.80. The third kappa shape index (κ3) is 6.17. The van der Waals surface area contributed by atoms with Crippen LogP contribution in [0.1, 0.15) is 45.3 Å². The summed E-state index contributed by atoms with van der Waals surface area (Å²) in [4.78, 5) is 36.5. The molecule has 0 amide bonds. The van der Waals surface area contributed by atoms with Gasteiger partial charge in [-0.1, -0.05) is 42.2 Å². The van der Waals surface area contributed by atoms with E-state index in [1.165, 1.54) is 6.92 Å². The molecule has 0 aliphatic carbocycles. The average Bonchev–Trinajstić information content (AvgIpc) is 2.67. The van der Waals surface area contributed by atoms with Crippen LogP contribution in [0.15, 0.2) is 30.3 Å². The number of carbonyl (C=O) groups excluding carboxylic acids is 3. The van der Waals surface area contributed by atoms with Crippen LogP contribution in [0.5, 0.6) is 0 Å². The highest BCUT2D eigenvalue weighted by atomic mass is 16.6. The molecule has 0 heterocycles. The molecule has 1 aromatic carbocycles. The van der Waals surface area contributed by atoms with Crippen LogP contribution in [0.4, 0.5) is 0 Å². The largest absolute Gasteiger partial charge is 0.465 e. The summed E-state index contributed by atoms with van der Waals surface area (Å²) in [5.41, 5.74) is -1.06. The van der Waals surface area contributed by atoms with E-state index in [1.54, 1.807) is 38.1 Å². The summed E-state index contributed by atoms with van der Waals surface area (Å²) in [6, 6.07) is 8.91. The Balaban J connectivity index is 3.24. The molecule has 28 heavy (non-hydrogen) atoms. The molecule has 0 saturated carbocycles. The molecule has 1 rings (SSSR count). The van der Waals surface area contributed by atoms with E-state index >= 15 is 0 Å². The van der Waals surface area contributed by atoms with Crippen molar-refractivity contribution in [2.75, 3.05) is 13.2 Å². The molecule has 0 fully saturated rings. The molecule has 0 radical (unpaired) electrons. The van der Waals surface area contributed by atoms with E-state index in [9.17, 15) is 14.4 Å². The van der Waals surface area contributed by atoms with E-state index in [1.807, 2.05) is 6.07 Å². The van der Waals surface area contributed by atoms with Gasteiger partial charge in [0.25, 0.3) is 0 Å². The van der Waals surface area contributed by atoms with E-state index in [-0.39, 0.29) is 26.1 Å². The lowest BCUT2D eigenvalue weighted by Crippen LogP contribution is -2.41. The van der Waals surface area contributed by atoms with Gasteiger partial charge in [-0.15, -0.1) is 12.3 Å². The number of esters is 3. The van der Waals surface area contributed by atoms with E-state index < -0.39 is 29.4 Å². The first kappa shape index (κ1) is 22.8. The highest BCUT2D eigenvalue weighted by Crippen LogP contribution is 2.30. The quantitative estimate of drug-likeness (QED) is 0.297. The van der Waals surface area contributed by atoms with E-state index in [4.69, 9.17) is 20.6 Å². The van der Waals surface area contributed by atoms with Crippen LogP contribution in [0, 0.1) is 29.6 Å². The Kier molecular flexibility index (Phi) is 9.33. The van der Waals surface area contributed by atoms with Crippen molar-refractivity contribution >= 4 is 17.9 Å². The summed E-state index contributed by atoms with van der Waals surface area (Å²) >= 11 is 0. The Morgan fingerprint density at radius 2 is 1.61 bits per heavy atom. The summed E-state index contributed by atoms with van der Waals surface area (Å²) in [5.74, 6) is 5.82. The van der Waals surface area contributed by atoms with E-state index in [2.05, 4.69) is 17.8 Å². The van der Waals surface area contributed by atoms with Gasteiger partial charge in [-0.25, -0.2) is 0 Å². The second kappa shape index (κ2) is 11.5. The molecule has 1 aromatic rings. The first-order valence-electron chi connectivity index (χ1n) is 8.89. The zero-order valence-corrected chi connectivity index (χ0v) is 16.3. The van der Waals surface area contributed by atoms with Crippen LogP contribution >= 0.6 is 0 Å². The Labute approximate surface area is 165 Å². The first-order chi connectivity index (χ1) is 13.4. The van der Waals surface area contributed by atoms with Crippen LogP contribution in [0.25, 0.3) is 0 Å². The fraction of sp³-hybridized carbons (Fsp3) is 0.409. The molecule has 6 nitrogen and oxygen atoms in total. The molecular weight excluding hydrogens is 360 g/mol. The molecule has 0 saturated heterocycles. The molecule has 0 aliphatic rings. The molecule has 6 heteroatoms. The Morgan fingerprint density at radius 1 is 1.04 bits per heavy atom. The van der Waals surface area contributed by atoms with Crippen LogP contribution in [0.2, 0.25) is 0 Å². The van der Waals surface area contributed by atoms with E-state index in [0.717, 1.165) is 0 Å². The van der Waals surface area contributed by atoms with Gasteiger partial charge in [0.2, 0.25) is 0 Å². The van der Waals surface area contributed by atoms with Crippen molar-refractivity contribution in [1.82, 2.24) is 0 Å². The highest BCUT2D eigenvalue weighted by molar-refractivity contribution is 6.00. The van der Waals surface area contributed by atoms with Gasteiger partial charge < -0.3 is 14.2 Å². The number of carbonyl (C=O) groups is 3. The van der Waals surface area contributed by atoms with E-state index in [0.29, 0.717) is 5.56 Å². The first-order valence-corrected chi connectivity index (χ1v) is 8.89. The number of hydrogen-bond donors (Lipinski definition) is 0. The summed E-state index contributed by atoms with van der Waals surface area (Å²) in [5, 5.41) is 0. The fourth-order valence-electron chi connectivity index (χ4n) is 2.42. The molecule has 1 atom stereocenters. The predicted molar refractivity (Wildman–Crippen MR) is 102 cm³/mol. The van der Waals surface area contributed by atoms with Crippen molar-refractivity contribution in [2.24, 2.45) is 5.41 Å². The van der Waals surface area contributed by atoms with Crippen LogP contribution in [-0.2, 0) is 28.6 Å². The molecule has 0 aromatic heterocycles.